The predicted octanol–water partition coefficient (Wildman–Crippen LogP) is 4.20. The third kappa shape index (κ3) is 4.95. The number of anilines is 1. The lowest BCUT2D eigenvalue weighted by molar-refractivity contribution is -0.143. The fraction of sp³-hybridized carbons (Fsp3) is 0.0909. The molecule has 4 aromatic rings. The largest absolute Gasteiger partial charge is 0.459 e. The number of hydrogen-bond donors (Lipinski definition) is 2. The van der Waals surface area contributed by atoms with Crippen molar-refractivity contribution in [3.63, 3.8) is 0 Å². The van der Waals surface area contributed by atoms with Crippen LogP contribution in [0.1, 0.15) is 32.3 Å². The Balaban J connectivity index is 1.50. The zero-order valence-corrected chi connectivity index (χ0v) is 17.1. The molecule has 2 heterocycles. The molecule has 2 aromatic carbocycles. The lowest BCUT2D eigenvalue weighted by Crippen LogP contribution is -2.27. The number of nitrogens with one attached hydrogen (secondary N) is 2. The third-order valence-corrected chi connectivity index (χ3v) is 4.61. The highest BCUT2D eigenvalue weighted by molar-refractivity contribution is 6.02. The molecular formula is C22H15F4N5O3. The molecule has 0 saturated carbocycles. The van der Waals surface area contributed by atoms with E-state index >= 15 is 0 Å². The summed E-state index contributed by atoms with van der Waals surface area (Å²) >= 11 is 0. The summed E-state index contributed by atoms with van der Waals surface area (Å²) in [7, 11) is 0. The van der Waals surface area contributed by atoms with Crippen molar-refractivity contribution < 1.29 is 31.6 Å². The zero-order valence-electron chi connectivity index (χ0n) is 17.1. The molecule has 0 aliphatic rings. The maximum Gasteiger partial charge on any atom is 0.435 e. The fourth-order valence-electron chi connectivity index (χ4n) is 3.08. The maximum atomic E-state index is 13.7. The Labute approximate surface area is 189 Å². The van der Waals surface area contributed by atoms with Gasteiger partial charge in [-0.15, -0.1) is 5.10 Å². The highest BCUT2D eigenvalue weighted by atomic mass is 19.4. The molecule has 0 atom stereocenters. The van der Waals surface area contributed by atoms with Crippen LogP contribution in [0, 0.1) is 5.82 Å². The van der Waals surface area contributed by atoms with Crippen LogP contribution < -0.4 is 10.6 Å². The van der Waals surface area contributed by atoms with Crippen molar-refractivity contribution in [2.45, 2.75) is 12.7 Å². The van der Waals surface area contributed by atoms with Gasteiger partial charge in [-0.3, -0.25) is 9.59 Å². The van der Waals surface area contributed by atoms with Gasteiger partial charge in [0, 0.05) is 12.2 Å². The Kier molecular flexibility index (Phi) is 6.13. The number of carbonyl (C=O) groups is 2. The number of furan rings is 1. The van der Waals surface area contributed by atoms with Crippen LogP contribution in [-0.2, 0) is 12.7 Å². The van der Waals surface area contributed by atoms with Crippen LogP contribution in [0.4, 0.5) is 23.2 Å². The smallest absolute Gasteiger partial charge is 0.435 e. The van der Waals surface area contributed by atoms with Gasteiger partial charge in [0.25, 0.3) is 11.8 Å². The van der Waals surface area contributed by atoms with Crippen molar-refractivity contribution >= 4 is 17.5 Å². The molecule has 0 bridgehead atoms. The minimum atomic E-state index is -4.96. The Bertz CT molecular complexity index is 1320. The fourth-order valence-corrected chi connectivity index (χ4v) is 3.08. The van der Waals surface area contributed by atoms with Crippen molar-refractivity contribution in [3.05, 3.63) is 95.5 Å². The molecule has 0 aliphatic heterocycles. The van der Waals surface area contributed by atoms with Crippen molar-refractivity contribution in [2.24, 2.45) is 0 Å². The molecule has 2 amide bonds. The maximum absolute atomic E-state index is 13.7. The van der Waals surface area contributed by atoms with E-state index in [9.17, 15) is 27.2 Å². The van der Waals surface area contributed by atoms with Crippen molar-refractivity contribution in [2.75, 3.05) is 5.32 Å². The van der Waals surface area contributed by atoms with Crippen LogP contribution in [0.2, 0.25) is 0 Å². The summed E-state index contributed by atoms with van der Waals surface area (Å²) in [6.07, 6.45) is -3.61. The minimum absolute atomic E-state index is 0.0997. The standard InChI is InChI=1S/C22H15F4N5O3/c23-14-6-8-16(9-7-14)31-19(22(24,25)26)18(29-30-31)21(33)27-12-13-3-1-4-15(11-13)28-20(32)17-5-2-10-34-17/h1-11H,12H2,(H,27,33)(H,28,32). The monoisotopic (exact) mass is 473 g/mol. The molecule has 0 unspecified atom stereocenters. The predicted molar refractivity (Wildman–Crippen MR) is 111 cm³/mol. The van der Waals surface area contributed by atoms with Gasteiger partial charge in [0.1, 0.15) is 5.82 Å². The van der Waals surface area contributed by atoms with E-state index in [1.165, 1.54) is 12.3 Å². The number of nitrogens with zero attached hydrogens (tertiary/aromatic N) is 3. The second kappa shape index (κ2) is 9.17. The third-order valence-electron chi connectivity index (χ3n) is 4.61. The van der Waals surface area contributed by atoms with Gasteiger partial charge in [0.15, 0.2) is 17.1 Å². The Hall–Kier alpha value is -4.48. The van der Waals surface area contributed by atoms with Gasteiger partial charge in [-0.2, -0.15) is 13.2 Å². The average molecular weight is 473 g/mol. The van der Waals surface area contributed by atoms with Gasteiger partial charge in [-0.25, -0.2) is 9.07 Å². The lowest BCUT2D eigenvalue weighted by atomic mass is 10.2. The topological polar surface area (TPSA) is 102 Å². The van der Waals surface area contributed by atoms with E-state index < -0.39 is 35.2 Å². The van der Waals surface area contributed by atoms with Crippen LogP contribution in [0.25, 0.3) is 5.69 Å². The second-order valence-corrected chi connectivity index (χ2v) is 6.99. The second-order valence-electron chi connectivity index (χ2n) is 6.99. The van der Waals surface area contributed by atoms with E-state index in [1.807, 2.05) is 0 Å². The van der Waals surface area contributed by atoms with Gasteiger partial charge in [-0.1, -0.05) is 17.3 Å². The molecule has 12 heteroatoms. The minimum Gasteiger partial charge on any atom is -0.459 e. The summed E-state index contributed by atoms with van der Waals surface area (Å²) in [5.74, 6) is -2.13. The summed E-state index contributed by atoms with van der Waals surface area (Å²) < 4.78 is 59.7. The molecule has 0 saturated heterocycles. The molecule has 0 spiro atoms. The SMILES string of the molecule is O=C(Nc1cccc(CNC(=O)c2nnn(-c3ccc(F)cc3)c2C(F)(F)F)c1)c1ccco1. The van der Waals surface area contributed by atoms with Gasteiger partial charge >= 0.3 is 6.18 Å². The highest BCUT2D eigenvalue weighted by Crippen LogP contribution is 2.32. The zero-order chi connectivity index (χ0) is 24.3. The summed E-state index contributed by atoms with van der Waals surface area (Å²) in [6, 6.07) is 13.5. The van der Waals surface area contributed by atoms with Crippen LogP contribution in [0.5, 0.6) is 0 Å². The Morgan fingerprint density at radius 3 is 2.44 bits per heavy atom. The summed E-state index contributed by atoms with van der Waals surface area (Å²) in [5, 5.41) is 11.8. The van der Waals surface area contributed by atoms with E-state index in [0.29, 0.717) is 15.9 Å². The number of hydrogen-bond acceptors (Lipinski definition) is 5. The Morgan fingerprint density at radius 1 is 1.00 bits per heavy atom. The first-order valence-corrected chi connectivity index (χ1v) is 9.73. The number of halogens is 4. The molecule has 2 N–H and O–H groups in total. The van der Waals surface area contributed by atoms with E-state index in [0.717, 1.165) is 24.3 Å². The molecule has 0 radical (unpaired) electrons. The number of aromatic nitrogens is 3. The summed E-state index contributed by atoms with van der Waals surface area (Å²) in [5.41, 5.74) is -1.54. The Morgan fingerprint density at radius 2 is 1.76 bits per heavy atom. The number of rotatable bonds is 6. The van der Waals surface area contributed by atoms with Gasteiger partial charge in [0.05, 0.1) is 12.0 Å². The molecule has 8 nitrogen and oxygen atoms in total. The molecule has 0 fully saturated rings. The van der Waals surface area contributed by atoms with E-state index in [2.05, 4.69) is 20.9 Å². The van der Waals surface area contributed by atoms with Gasteiger partial charge < -0.3 is 15.1 Å². The first kappa shape index (κ1) is 22.7. The van der Waals surface area contributed by atoms with E-state index in [4.69, 9.17) is 4.42 Å². The van der Waals surface area contributed by atoms with E-state index in [1.54, 1.807) is 30.3 Å². The number of carbonyl (C=O) groups excluding carboxylic acids is 2. The lowest BCUT2D eigenvalue weighted by Gasteiger charge is -2.11. The van der Waals surface area contributed by atoms with Crippen molar-refractivity contribution in [1.82, 2.24) is 20.3 Å². The first-order chi connectivity index (χ1) is 16.2. The normalized spacial score (nSPS) is 11.3. The highest BCUT2D eigenvalue weighted by Gasteiger charge is 2.42. The van der Waals surface area contributed by atoms with Crippen LogP contribution in [0.15, 0.2) is 71.3 Å². The van der Waals surface area contributed by atoms with Crippen molar-refractivity contribution in [3.8, 4) is 5.69 Å². The van der Waals surface area contributed by atoms with Crippen LogP contribution in [0.3, 0.4) is 0 Å². The number of benzene rings is 2. The van der Waals surface area contributed by atoms with Crippen LogP contribution in [-0.4, -0.2) is 26.8 Å². The summed E-state index contributed by atoms with van der Waals surface area (Å²) in [6.45, 7) is -0.149. The average Bonchev–Trinajstić information content (AvgIpc) is 3.48. The number of alkyl halides is 3. The molecular weight excluding hydrogens is 458 g/mol. The first-order valence-electron chi connectivity index (χ1n) is 9.73. The van der Waals surface area contributed by atoms with E-state index in [-0.39, 0.29) is 18.0 Å². The molecule has 4 rings (SSSR count). The van der Waals surface area contributed by atoms with Gasteiger partial charge in [-0.05, 0) is 54.1 Å². The quantitative estimate of drug-likeness (QED) is 0.409. The molecule has 174 valence electrons. The molecule has 34 heavy (non-hydrogen) atoms. The number of amides is 2. The van der Waals surface area contributed by atoms with Crippen molar-refractivity contribution in [1.29, 1.82) is 0 Å². The molecule has 0 aliphatic carbocycles. The summed E-state index contributed by atoms with van der Waals surface area (Å²) in [4.78, 5) is 24.6. The van der Waals surface area contributed by atoms with Gasteiger partial charge in [0.2, 0.25) is 0 Å². The van der Waals surface area contributed by atoms with Crippen LogP contribution >= 0.6 is 0 Å². The molecule has 2 aromatic heterocycles.